The Morgan fingerprint density at radius 2 is 1.55 bits per heavy atom. The molecule has 2 nitrogen and oxygen atoms in total. The zero-order valence-corrected chi connectivity index (χ0v) is 28.8. The van der Waals surface area contributed by atoms with Crippen LogP contribution in [0, 0.1) is 17.9 Å². The van der Waals surface area contributed by atoms with Gasteiger partial charge in [-0.3, -0.25) is 0 Å². The molecule has 0 atom stereocenters. The molecule has 0 N–H and O–H groups in total. The first kappa shape index (κ1) is 28.9. The predicted molar refractivity (Wildman–Crippen MR) is 182 cm³/mol. The standard InChI is InChI=1S/C24H15FNS.C14H16NSi.Ir/c25-21-11-5-9-19-18-8-4-10-20(23(18)27-24(19)21)22-15-17(12-13-26-22)14-16-6-2-1-3-7-16;1-16(2,3)13-9-10-14(15-11-13)12-7-5-4-6-8-12;/h1-9,11-13,15H,14H2;4-7,9-11H,1-3H3;/q2*-1;/i14D2;;. The van der Waals surface area contributed by atoms with Crippen molar-refractivity contribution in [2.45, 2.75) is 26.0 Å². The second kappa shape index (κ2) is 13.9. The van der Waals surface area contributed by atoms with E-state index >= 15 is 0 Å². The molecule has 3 heterocycles. The van der Waals surface area contributed by atoms with E-state index in [1.165, 1.54) is 22.6 Å². The van der Waals surface area contributed by atoms with Crippen molar-refractivity contribution in [2.75, 3.05) is 0 Å². The Morgan fingerprint density at radius 3 is 2.27 bits per heavy atom. The molecule has 7 rings (SSSR count). The summed E-state index contributed by atoms with van der Waals surface area (Å²) in [6.07, 6.45) is 1.98. The Bertz CT molecular complexity index is 2080. The molecule has 221 valence electrons. The van der Waals surface area contributed by atoms with E-state index in [9.17, 15) is 4.39 Å². The molecule has 0 saturated heterocycles. The molecule has 4 aromatic carbocycles. The third-order valence-corrected chi connectivity index (χ3v) is 10.4. The average Bonchev–Trinajstić information content (AvgIpc) is 3.46. The summed E-state index contributed by atoms with van der Waals surface area (Å²) in [6, 6.07) is 40.1. The van der Waals surface area contributed by atoms with E-state index in [4.69, 9.17) is 2.74 Å². The Balaban J connectivity index is 0.000000209. The van der Waals surface area contributed by atoms with E-state index < -0.39 is 14.4 Å². The summed E-state index contributed by atoms with van der Waals surface area (Å²) in [5.41, 5.74) is 4.55. The summed E-state index contributed by atoms with van der Waals surface area (Å²) in [5, 5.41) is 3.22. The molecule has 0 spiro atoms. The molecule has 0 aliphatic carbocycles. The summed E-state index contributed by atoms with van der Waals surface area (Å²) in [6.45, 7) is 7.00. The monoisotopic (exact) mass is 789 g/mol. The first-order valence-electron chi connectivity index (χ1n) is 15.1. The third kappa shape index (κ3) is 7.11. The van der Waals surface area contributed by atoms with Gasteiger partial charge in [-0.15, -0.1) is 59.7 Å². The fraction of sp³-hybridized carbons (Fsp3) is 0.105. The number of thiophene rings is 1. The van der Waals surface area contributed by atoms with Crippen molar-refractivity contribution in [3.63, 3.8) is 0 Å². The number of hydrogen-bond donors (Lipinski definition) is 0. The minimum absolute atomic E-state index is 0. The number of hydrogen-bond acceptors (Lipinski definition) is 3. The van der Waals surface area contributed by atoms with Gasteiger partial charge in [0.05, 0.1) is 12.8 Å². The number of halogens is 1. The smallest absolute Gasteiger partial charge is 0.140 e. The van der Waals surface area contributed by atoms with Crippen LogP contribution in [0.2, 0.25) is 19.6 Å². The number of benzene rings is 4. The van der Waals surface area contributed by atoms with E-state index in [-0.39, 0.29) is 25.9 Å². The van der Waals surface area contributed by atoms with Crippen molar-refractivity contribution >= 4 is 44.8 Å². The zero-order valence-electron chi connectivity index (χ0n) is 26.6. The van der Waals surface area contributed by atoms with Gasteiger partial charge in [0.1, 0.15) is 5.82 Å². The number of aromatic nitrogens is 2. The van der Waals surface area contributed by atoms with Gasteiger partial charge in [-0.05, 0) is 56.3 Å². The van der Waals surface area contributed by atoms with Crippen LogP contribution in [-0.2, 0) is 26.5 Å². The molecule has 3 aromatic heterocycles. The van der Waals surface area contributed by atoms with Crippen LogP contribution in [0.4, 0.5) is 4.39 Å². The maximum atomic E-state index is 14.3. The van der Waals surface area contributed by atoms with E-state index in [0.717, 1.165) is 32.3 Å². The van der Waals surface area contributed by atoms with Crippen molar-refractivity contribution in [1.29, 1.82) is 0 Å². The number of pyridine rings is 2. The summed E-state index contributed by atoms with van der Waals surface area (Å²) in [5.74, 6) is -0.239. The largest absolute Gasteiger partial charge is 0.305 e. The van der Waals surface area contributed by atoms with Crippen LogP contribution in [0.15, 0.2) is 122 Å². The minimum Gasteiger partial charge on any atom is -0.305 e. The number of nitrogens with zero attached hydrogens (tertiary/aromatic N) is 2. The van der Waals surface area contributed by atoms with Gasteiger partial charge >= 0.3 is 0 Å². The summed E-state index contributed by atoms with van der Waals surface area (Å²) < 4.78 is 33.1. The Labute approximate surface area is 279 Å². The molecule has 0 amide bonds. The van der Waals surface area contributed by atoms with Crippen LogP contribution >= 0.6 is 11.3 Å². The quantitative estimate of drug-likeness (QED) is 0.128. The second-order valence-corrected chi connectivity index (χ2v) is 17.3. The van der Waals surface area contributed by atoms with E-state index in [2.05, 4.69) is 53.9 Å². The third-order valence-electron chi connectivity index (χ3n) is 7.10. The van der Waals surface area contributed by atoms with Crippen LogP contribution in [0.5, 0.6) is 0 Å². The van der Waals surface area contributed by atoms with E-state index in [1.54, 1.807) is 36.5 Å². The van der Waals surface area contributed by atoms with Crippen molar-refractivity contribution < 1.29 is 27.2 Å². The van der Waals surface area contributed by atoms with Crippen LogP contribution in [-0.4, -0.2) is 18.0 Å². The predicted octanol–water partition coefficient (Wildman–Crippen LogP) is 9.74. The SMILES string of the molecule is C[Si](C)(C)c1ccc(-c2[c-]cccc2)nc1.[2H]C([2H])(c1ccccc1)c1ccnc(-c2[c-]ccc3c2sc2c(F)cccc23)c1.[Ir]. The van der Waals surface area contributed by atoms with Gasteiger partial charge in [-0.2, -0.15) is 11.3 Å². The van der Waals surface area contributed by atoms with Crippen LogP contribution in [0.1, 0.15) is 13.9 Å². The van der Waals surface area contributed by atoms with E-state index in [1.807, 2.05) is 66.9 Å². The summed E-state index contributed by atoms with van der Waals surface area (Å²) in [4.78, 5) is 8.99. The molecule has 7 aromatic rings. The maximum Gasteiger partial charge on any atom is 0.140 e. The Hall–Kier alpha value is -3.80. The second-order valence-electron chi connectivity index (χ2n) is 11.2. The van der Waals surface area contributed by atoms with Crippen molar-refractivity contribution in [2.24, 2.45) is 0 Å². The first-order valence-corrected chi connectivity index (χ1v) is 18.4. The van der Waals surface area contributed by atoms with Gasteiger partial charge in [0.2, 0.25) is 0 Å². The molecule has 0 fully saturated rings. The Kier molecular flexibility index (Phi) is 9.13. The van der Waals surface area contributed by atoms with Crippen LogP contribution < -0.4 is 5.19 Å². The van der Waals surface area contributed by atoms with Gasteiger partial charge in [0.25, 0.3) is 0 Å². The summed E-state index contributed by atoms with van der Waals surface area (Å²) in [7, 11) is -1.23. The van der Waals surface area contributed by atoms with Gasteiger partial charge in [0.15, 0.2) is 0 Å². The Morgan fingerprint density at radius 1 is 0.750 bits per heavy atom. The molecule has 0 bridgehead atoms. The molecule has 0 aliphatic heterocycles. The molecule has 1 radical (unpaired) electrons. The fourth-order valence-electron chi connectivity index (χ4n) is 4.80. The fourth-order valence-corrected chi connectivity index (χ4v) is 7.05. The van der Waals surface area contributed by atoms with Crippen molar-refractivity contribution in [3.8, 4) is 22.5 Å². The van der Waals surface area contributed by atoms with E-state index in [0.29, 0.717) is 21.5 Å². The van der Waals surface area contributed by atoms with Crippen LogP contribution in [0.25, 0.3) is 42.7 Å². The first-order chi connectivity index (χ1) is 21.6. The molecule has 6 heteroatoms. The molecule has 0 unspecified atom stereocenters. The molecular weight excluding hydrogens is 756 g/mol. The minimum atomic E-state index is -1.65. The maximum absolute atomic E-state index is 14.3. The molecule has 0 aliphatic rings. The van der Waals surface area contributed by atoms with Gasteiger partial charge < -0.3 is 9.97 Å². The summed E-state index contributed by atoms with van der Waals surface area (Å²) >= 11 is 1.38. The molecule has 0 saturated carbocycles. The van der Waals surface area contributed by atoms with Gasteiger partial charge in [0, 0.05) is 35.2 Å². The van der Waals surface area contributed by atoms with Crippen molar-refractivity contribution in [3.05, 3.63) is 151 Å². The van der Waals surface area contributed by atoms with Gasteiger partial charge in [-0.25, -0.2) is 4.39 Å². The molecule has 44 heavy (non-hydrogen) atoms. The average molecular weight is 789 g/mol. The number of fused-ring (bicyclic) bond motifs is 3. The molecular formula is C38H31FIrN2SSi-2. The normalized spacial score (nSPS) is 12.1. The van der Waals surface area contributed by atoms with Gasteiger partial charge in [-0.1, -0.05) is 85.7 Å². The van der Waals surface area contributed by atoms with Crippen LogP contribution in [0.3, 0.4) is 0 Å². The van der Waals surface area contributed by atoms with Crippen molar-refractivity contribution in [1.82, 2.24) is 9.97 Å². The number of rotatable bonds is 5. The topological polar surface area (TPSA) is 25.8 Å². The zero-order chi connectivity index (χ0) is 31.6.